The number of halogens is 1. The Morgan fingerprint density at radius 2 is 1.79 bits per heavy atom. The van der Waals surface area contributed by atoms with Crippen LogP contribution in [0, 0.1) is 6.92 Å². The van der Waals surface area contributed by atoms with Gasteiger partial charge in [0.25, 0.3) is 0 Å². The minimum Gasteiger partial charge on any atom is -0.483 e. The molecule has 3 aromatic carbocycles. The fourth-order valence-electron chi connectivity index (χ4n) is 3.47. The van der Waals surface area contributed by atoms with E-state index in [-0.39, 0.29) is 6.10 Å². The van der Waals surface area contributed by atoms with Crippen molar-refractivity contribution in [2.24, 2.45) is 0 Å². The van der Waals surface area contributed by atoms with Crippen molar-refractivity contribution in [1.82, 2.24) is 9.55 Å². The molecule has 1 heterocycles. The average Bonchev–Trinajstić information content (AvgIpc) is 3.06. The fraction of sp³-hybridized carbons (Fsp3) is 0.208. The molecule has 28 heavy (non-hydrogen) atoms. The summed E-state index contributed by atoms with van der Waals surface area (Å²) in [7, 11) is 0. The summed E-state index contributed by atoms with van der Waals surface area (Å²) in [6.45, 7) is 4.85. The van der Waals surface area contributed by atoms with Crippen molar-refractivity contribution in [1.29, 1.82) is 0 Å². The van der Waals surface area contributed by atoms with E-state index in [1.807, 2.05) is 48.5 Å². The average molecular weight is 391 g/mol. The molecule has 0 spiro atoms. The first kappa shape index (κ1) is 18.6. The van der Waals surface area contributed by atoms with Crippen molar-refractivity contribution in [3.05, 3.63) is 94.8 Å². The number of imidazole rings is 1. The number of aryl methyl sites for hydroxylation is 1. The van der Waals surface area contributed by atoms with E-state index in [0.29, 0.717) is 6.54 Å². The van der Waals surface area contributed by atoms with Gasteiger partial charge >= 0.3 is 0 Å². The number of ether oxygens (including phenoxy) is 1. The molecule has 142 valence electrons. The van der Waals surface area contributed by atoms with Crippen molar-refractivity contribution in [3.63, 3.8) is 0 Å². The summed E-state index contributed by atoms with van der Waals surface area (Å²) in [5, 5.41) is 0.763. The molecule has 0 radical (unpaired) electrons. The maximum Gasteiger partial charge on any atom is 0.156 e. The number of rotatable bonds is 6. The van der Waals surface area contributed by atoms with Crippen LogP contribution in [0.25, 0.3) is 11.0 Å². The third-order valence-electron chi connectivity index (χ3n) is 4.90. The molecule has 0 saturated heterocycles. The number of fused-ring (bicyclic) bond motifs is 1. The van der Waals surface area contributed by atoms with Gasteiger partial charge in [-0.15, -0.1) is 0 Å². The first-order chi connectivity index (χ1) is 13.7. The van der Waals surface area contributed by atoms with Gasteiger partial charge in [-0.2, -0.15) is 0 Å². The third kappa shape index (κ3) is 3.76. The Morgan fingerprint density at radius 1 is 1.00 bits per heavy atom. The van der Waals surface area contributed by atoms with Gasteiger partial charge in [-0.3, -0.25) is 0 Å². The van der Waals surface area contributed by atoms with E-state index in [9.17, 15) is 0 Å². The zero-order chi connectivity index (χ0) is 19.5. The molecule has 3 nitrogen and oxygen atoms in total. The minimum atomic E-state index is -0.142. The van der Waals surface area contributed by atoms with Crippen LogP contribution in [0.3, 0.4) is 0 Å². The quantitative estimate of drug-likeness (QED) is 0.372. The highest BCUT2D eigenvalue weighted by Crippen LogP contribution is 2.29. The minimum absolute atomic E-state index is 0.142. The molecule has 0 aliphatic heterocycles. The van der Waals surface area contributed by atoms with E-state index in [1.54, 1.807) is 0 Å². The molecule has 0 bridgehead atoms. The van der Waals surface area contributed by atoms with E-state index in [4.69, 9.17) is 21.3 Å². The summed E-state index contributed by atoms with van der Waals surface area (Å²) < 4.78 is 8.58. The zero-order valence-corrected chi connectivity index (χ0v) is 16.9. The van der Waals surface area contributed by atoms with Gasteiger partial charge in [-0.05, 0) is 54.8 Å². The molecule has 0 fully saturated rings. The highest BCUT2D eigenvalue weighted by molar-refractivity contribution is 6.31. The van der Waals surface area contributed by atoms with Gasteiger partial charge in [-0.25, -0.2) is 4.98 Å². The molecule has 4 heteroatoms. The molecule has 4 rings (SSSR count). The van der Waals surface area contributed by atoms with Gasteiger partial charge in [0.1, 0.15) is 5.75 Å². The van der Waals surface area contributed by atoms with Gasteiger partial charge in [0.2, 0.25) is 0 Å². The lowest BCUT2D eigenvalue weighted by atomic mass is 10.2. The van der Waals surface area contributed by atoms with Gasteiger partial charge in [0, 0.05) is 5.02 Å². The Balaban J connectivity index is 1.77. The predicted molar refractivity (Wildman–Crippen MR) is 115 cm³/mol. The molecule has 1 atom stereocenters. The van der Waals surface area contributed by atoms with Crippen molar-refractivity contribution < 1.29 is 4.74 Å². The summed E-state index contributed by atoms with van der Waals surface area (Å²) in [4.78, 5) is 4.92. The van der Waals surface area contributed by atoms with Crippen LogP contribution < -0.4 is 4.74 Å². The van der Waals surface area contributed by atoms with E-state index in [0.717, 1.165) is 39.6 Å². The van der Waals surface area contributed by atoms with Gasteiger partial charge in [0.05, 0.1) is 17.6 Å². The van der Waals surface area contributed by atoms with E-state index in [2.05, 4.69) is 42.7 Å². The SMILES string of the molecule is CCC(Oc1cccc(C)c1)c1nc2ccccc2n1Cc1ccccc1Cl. The summed E-state index contributed by atoms with van der Waals surface area (Å²) >= 11 is 6.44. The summed E-state index contributed by atoms with van der Waals surface area (Å²) in [6, 6.07) is 24.3. The van der Waals surface area contributed by atoms with Crippen LogP contribution in [0.15, 0.2) is 72.8 Å². The zero-order valence-electron chi connectivity index (χ0n) is 16.1. The van der Waals surface area contributed by atoms with Crippen LogP contribution in [0.4, 0.5) is 0 Å². The Bertz CT molecular complexity index is 1100. The van der Waals surface area contributed by atoms with E-state index in [1.165, 1.54) is 5.56 Å². The van der Waals surface area contributed by atoms with Crippen molar-refractivity contribution in [2.45, 2.75) is 32.9 Å². The lowest BCUT2D eigenvalue weighted by Crippen LogP contribution is -2.15. The molecule has 0 N–H and O–H groups in total. The van der Waals surface area contributed by atoms with Crippen LogP contribution >= 0.6 is 11.6 Å². The fourth-order valence-corrected chi connectivity index (χ4v) is 3.67. The highest BCUT2D eigenvalue weighted by Gasteiger charge is 2.21. The summed E-state index contributed by atoms with van der Waals surface area (Å²) in [5.41, 5.74) is 4.30. The van der Waals surface area contributed by atoms with Gasteiger partial charge < -0.3 is 9.30 Å². The Kier molecular flexibility index (Phi) is 5.36. The molecule has 0 aliphatic rings. The lowest BCUT2D eigenvalue weighted by molar-refractivity contribution is 0.187. The van der Waals surface area contributed by atoms with Crippen LogP contribution in [-0.4, -0.2) is 9.55 Å². The number of hydrogen-bond acceptors (Lipinski definition) is 2. The van der Waals surface area contributed by atoms with Crippen molar-refractivity contribution >= 4 is 22.6 Å². The second-order valence-electron chi connectivity index (χ2n) is 6.97. The largest absolute Gasteiger partial charge is 0.483 e. The molecule has 0 amide bonds. The Hall–Kier alpha value is -2.78. The van der Waals surface area contributed by atoms with Crippen LogP contribution in [0.5, 0.6) is 5.75 Å². The maximum atomic E-state index is 6.44. The molecule has 1 unspecified atom stereocenters. The lowest BCUT2D eigenvalue weighted by Gasteiger charge is -2.20. The molecular formula is C24H23ClN2O. The first-order valence-electron chi connectivity index (χ1n) is 9.57. The number of benzene rings is 3. The highest BCUT2D eigenvalue weighted by atomic mass is 35.5. The van der Waals surface area contributed by atoms with E-state index < -0.39 is 0 Å². The van der Waals surface area contributed by atoms with Crippen molar-refractivity contribution in [2.75, 3.05) is 0 Å². The number of nitrogens with zero attached hydrogens (tertiary/aromatic N) is 2. The second-order valence-corrected chi connectivity index (χ2v) is 7.37. The first-order valence-corrected chi connectivity index (χ1v) is 9.95. The van der Waals surface area contributed by atoms with Crippen LogP contribution in [-0.2, 0) is 6.54 Å². The number of aromatic nitrogens is 2. The van der Waals surface area contributed by atoms with Gasteiger partial charge in [-0.1, -0.05) is 61.0 Å². The molecular weight excluding hydrogens is 368 g/mol. The van der Waals surface area contributed by atoms with Crippen molar-refractivity contribution in [3.8, 4) is 5.75 Å². The summed E-state index contributed by atoms with van der Waals surface area (Å²) in [6.07, 6.45) is 0.677. The van der Waals surface area contributed by atoms with Gasteiger partial charge in [0.15, 0.2) is 11.9 Å². The number of hydrogen-bond donors (Lipinski definition) is 0. The molecule has 4 aromatic rings. The predicted octanol–water partition coefficient (Wildman–Crippen LogP) is 6.58. The van der Waals surface area contributed by atoms with Crippen LogP contribution in [0.1, 0.15) is 36.4 Å². The molecule has 0 aliphatic carbocycles. The molecule has 0 saturated carbocycles. The summed E-state index contributed by atoms with van der Waals surface area (Å²) in [5.74, 6) is 1.79. The normalized spacial score (nSPS) is 12.2. The monoisotopic (exact) mass is 390 g/mol. The Labute approximate surface area is 170 Å². The van der Waals surface area contributed by atoms with Crippen LogP contribution in [0.2, 0.25) is 5.02 Å². The Morgan fingerprint density at radius 3 is 2.57 bits per heavy atom. The van der Waals surface area contributed by atoms with E-state index >= 15 is 0 Å². The third-order valence-corrected chi connectivity index (χ3v) is 5.27. The smallest absolute Gasteiger partial charge is 0.156 e. The molecule has 1 aromatic heterocycles. The number of para-hydroxylation sites is 2. The topological polar surface area (TPSA) is 27.1 Å². The standard InChI is InChI=1S/C24H23ClN2O/c1-3-23(28-19-11-8-9-17(2)15-19)24-26-21-13-6-7-14-22(21)27(24)16-18-10-4-5-12-20(18)25/h4-15,23H,3,16H2,1-2H3. The maximum absolute atomic E-state index is 6.44. The second kappa shape index (κ2) is 8.07.